The summed E-state index contributed by atoms with van der Waals surface area (Å²) < 4.78 is 9.64. The molecule has 0 fully saturated rings. The van der Waals surface area contributed by atoms with Gasteiger partial charge in [-0.3, -0.25) is 4.79 Å². The summed E-state index contributed by atoms with van der Waals surface area (Å²) in [6, 6.07) is 1.98. The molecule has 0 saturated heterocycles. The van der Waals surface area contributed by atoms with E-state index in [2.05, 4.69) is 5.32 Å². The Morgan fingerprint density at radius 1 is 1.71 bits per heavy atom. The molecule has 78 valence electrons. The number of furan rings is 1. The lowest BCUT2D eigenvalue weighted by Crippen LogP contribution is -2.36. The SMILES string of the molecule is COCC(=O)N[C@H](C)Cc1ccoc1. The molecule has 0 aromatic carbocycles. The third-order valence-electron chi connectivity index (χ3n) is 1.80. The molecule has 0 aliphatic heterocycles. The molecule has 0 spiro atoms. The van der Waals surface area contributed by atoms with Crippen molar-refractivity contribution < 1.29 is 13.9 Å². The molecule has 0 bridgehead atoms. The lowest BCUT2D eigenvalue weighted by Gasteiger charge is -2.11. The number of hydrogen-bond donors (Lipinski definition) is 1. The van der Waals surface area contributed by atoms with Gasteiger partial charge in [-0.2, -0.15) is 0 Å². The second-order valence-corrected chi connectivity index (χ2v) is 3.24. The van der Waals surface area contributed by atoms with Crippen molar-refractivity contribution in [2.45, 2.75) is 19.4 Å². The number of hydrogen-bond acceptors (Lipinski definition) is 3. The number of amides is 1. The first-order chi connectivity index (χ1) is 6.72. The lowest BCUT2D eigenvalue weighted by molar-refractivity contribution is -0.125. The van der Waals surface area contributed by atoms with E-state index in [1.54, 1.807) is 12.5 Å². The number of rotatable bonds is 5. The molecule has 1 heterocycles. The normalized spacial score (nSPS) is 12.4. The fraction of sp³-hybridized carbons (Fsp3) is 0.500. The van der Waals surface area contributed by atoms with Gasteiger partial charge in [0.05, 0.1) is 12.5 Å². The summed E-state index contributed by atoms with van der Waals surface area (Å²) in [6.45, 7) is 2.05. The van der Waals surface area contributed by atoms with Crippen LogP contribution in [-0.2, 0) is 16.0 Å². The highest BCUT2D eigenvalue weighted by Crippen LogP contribution is 2.03. The van der Waals surface area contributed by atoms with Crippen molar-refractivity contribution in [3.63, 3.8) is 0 Å². The van der Waals surface area contributed by atoms with Gasteiger partial charge in [-0.1, -0.05) is 0 Å². The van der Waals surface area contributed by atoms with Gasteiger partial charge in [0.15, 0.2) is 0 Å². The zero-order valence-corrected chi connectivity index (χ0v) is 8.45. The molecule has 14 heavy (non-hydrogen) atoms. The summed E-state index contributed by atoms with van der Waals surface area (Å²) in [5.41, 5.74) is 1.08. The van der Waals surface area contributed by atoms with E-state index < -0.39 is 0 Å². The maximum atomic E-state index is 11.1. The molecule has 1 atom stereocenters. The van der Waals surface area contributed by atoms with Gasteiger partial charge in [0.1, 0.15) is 6.61 Å². The molecule has 0 radical (unpaired) electrons. The largest absolute Gasteiger partial charge is 0.472 e. The van der Waals surface area contributed by atoms with E-state index in [1.807, 2.05) is 13.0 Å². The first-order valence-corrected chi connectivity index (χ1v) is 4.51. The topological polar surface area (TPSA) is 51.5 Å². The van der Waals surface area contributed by atoms with Crippen molar-refractivity contribution in [3.05, 3.63) is 24.2 Å². The number of carbonyl (C=O) groups excluding carboxylic acids is 1. The van der Waals surface area contributed by atoms with Crippen molar-refractivity contribution in [1.29, 1.82) is 0 Å². The van der Waals surface area contributed by atoms with Crippen molar-refractivity contribution in [3.8, 4) is 0 Å². The second kappa shape index (κ2) is 5.44. The lowest BCUT2D eigenvalue weighted by atomic mass is 10.1. The summed E-state index contributed by atoms with van der Waals surface area (Å²) >= 11 is 0. The standard InChI is InChI=1S/C10H15NO3/c1-8(11-10(12)7-13-2)5-9-3-4-14-6-9/h3-4,6,8H,5,7H2,1-2H3,(H,11,12)/t8-/m1/s1. The van der Waals surface area contributed by atoms with Crippen LogP contribution in [0, 0.1) is 0 Å². The summed E-state index contributed by atoms with van der Waals surface area (Å²) in [4.78, 5) is 11.1. The Morgan fingerprint density at radius 3 is 3.07 bits per heavy atom. The Balaban J connectivity index is 2.29. The third-order valence-corrected chi connectivity index (χ3v) is 1.80. The molecule has 1 N–H and O–H groups in total. The maximum absolute atomic E-state index is 11.1. The maximum Gasteiger partial charge on any atom is 0.246 e. The smallest absolute Gasteiger partial charge is 0.246 e. The fourth-order valence-corrected chi connectivity index (χ4v) is 1.26. The molecule has 4 nitrogen and oxygen atoms in total. The molecule has 4 heteroatoms. The highest BCUT2D eigenvalue weighted by atomic mass is 16.5. The van der Waals surface area contributed by atoms with E-state index in [0.29, 0.717) is 0 Å². The molecule has 0 saturated carbocycles. The van der Waals surface area contributed by atoms with E-state index >= 15 is 0 Å². The highest BCUT2D eigenvalue weighted by Gasteiger charge is 2.07. The predicted octanol–water partition coefficient (Wildman–Crippen LogP) is 0.973. The first kappa shape index (κ1) is 10.8. The number of methoxy groups -OCH3 is 1. The van der Waals surface area contributed by atoms with Crippen LogP contribution in [0.4, 0.5) is 0 Å². The fourth-order valence-electron chi connectivity index (χ4n) is 1.26. The van der Waals surface area contributed by atoms with Crippen LogP contribution < -0.4 is 5.32 Å². The van der Waals surface area contributed by atoms with E-state index in [0.717, 1.165) is 12.0 Å². The number of ether oxygens (including phenoxy) is 1. The molecule has 1 rings (SSSR count). The Labute approximate surface area is 83.2 Å². The van der Waals surface area contributed by atoms with E-state index in [1.165, 1.54) is 7.11 Å². The summed E-state index contributed by atoms with van der Waals surface area (Å²) in [7, 11) is 1.50. The predicted molar refractivity (Wildman–Crippen MR) is 51.9 cm³/mol. The second-order valence-electron chi connectivity index (χ2n) is 3.24. The Kier molecular flexibility index (Phi) is 4.19. The molecule has 0 unspecified atom stereocenters. The van der Waals surface area contributed by atoms with Crippen LogP contribution >= 0.6 is 0 Å². The minimum atomic E-state index is -0.0940. The van der Waals surface area contributed by atoms with Crippen molar-refractivity contribution in [2.75, 3.05) is 13.7 Å². The summed E-state index contributed by atoms with van der Waals surface area (Å²) in [5.74, 6) is -0.0940. The highest BCUT2D eigenvalue weighted by molar-refractivity contribution is 5.77. The Hall–Kier alpha value is -1.29. The van der Waals surface area contributed by atoms with Crippen LogP contribution in [-0.4, -0.2) is 25.7 Å². The molecule has 0 aliphatic rings. The number of nitrogens with one attached hydrogen (secondary N) is 1. The third kappa shape index (κ3) is 3.62. The van der Waals surface area contributed by atoms with E-state index in [4.69, 9.17) is 9.15 Å². The zero-order valence-electron chi connectivity index (χ0n) is 8.45. The van der Waals surface area contributed by atoms with Crippen LogP contribution in [0.15, 0.2) is 23.0 Å². The van der Waals surface area contributed by atoms with Crippen LogP contribution in [0.3, 0.4) is 0 Å². The van der Waals surface area contributed by atoms with Gasteiger partial charge >= 0.3 is 0 Å². The van der Waals surface area contributed by atoms with E-state index in [9.17, 15) is 4.79 Å². The minimum absolute atomic E-state index is 0.0928. The summed E-state index contributed by atoms with van der Waals surface area (Å²) in [6.07, 6.45) is 4.07. The number of carbonyl (C=O) groups is 1. The Bertz CT molecular complexity index is 269. The first-order valence-electron chi connectivity index (χ1n) is 4.51. The van der Waals surface area contributed by atoms with Gasteiger partial charge in [-0.25, -0.2) is 0 Å². The van der Waals surface area contributed by atoms with Gasteiger partial charge < -0.3 is 14.5 Å². The average molecular weight is 197 g/mol. The van der Waals surface area contributed by atoms with Gasteiger partial charge in [0.25, 0.3) is 0 Å². The van der Waals surface area contributed by atoms with Gasteiger partial charge in [-0.05, 0) is 25.0 Å². The van der Waals surface area contributed by atoms with Gasteiger partial charge in [0, 0.05) is 13.2 Å². The van der Waals surface area contributed by atoms with Gasteiger partial charge in [-0.15, -0.1) is 0 Å². The van der Waals surface area contributed by atoms with Crippen molar-refractivity contribution >= 4 is 5.91 Å². The van der Waals surface area contributed by atoms with Crippen LogP contribution in [0.25, 0.3) is 0 Å². The minimum Gasteiger partial charge on any atom is -0.472 e. The zero-order chi connectivity index (χ0) is 10.4. The average Bonchev–Trinajstić information content (AvgIpc) is 2.56. The molecule has 1 aromatic heterocycles. The van der Waals surface area contributed by atoms with Crippen LogP contribution in [0.1, 0.15) is 12.5 Å². The van der Waals surface area contributed by atoms with Crippen LogP contribution in [0.5, 0.6) is 0 Å². The monoisotopic (exact) mass is 197 g/mol. The summed E-state index contributed by atoms with van der Waals surface area (Å²) in [5, 5.41) is 2.81. The molecular weight excluding hydrogens is 182 g/mol. The molecule has 1 aromatic rings. The van der Waals surface area contributed by atoms with E-state index in [-0.39, 0.29) is 18.6 Å². The van der Waals surface area contributed by atoms with Crippen molar-refractivity contribution in [1.82, 2.24) is 5.32 Å². The Morgan fingerprint density at radius 2 is 2.50 bits per heavy atom. The quantitative estimate of drug-likeness (QED) is 0.765. The molecular formula is C10H15NO3. The van der Waals surface area contributed by atoms with Crippen LogP contribution in [0.2, 0.25) is 0 Å². The van der Waals surface area contributed by atoms with Crippen molar-refractivity contribution in [2.24, 2.45) is 0 Å². The van der Waals surface area contributed by atoms with Gasteiger partial charge in [0.2, 0.25) is 5.91 Å². The molecule has 0 aliphatic carbocycles. The molecule has 1 amide bonds.